The SMILES string of the molecule is O=C(CC1CS(=O)(=O)CCN1)c1ccncc1F. The molecule has 0 aliphatic carbocycles. The highest BCUT2D eigenvalue weighted by Gasteiger charge is 2.26. The molecule has 1 aromatic heterocycles. The maximum absolute atomic E-state index is 13.3. The molecule has 1 unspecified atom stereocenters. The minimum atomic E-state index is -3.09. The normalized spacial score (nSPS) is 22.6. The second kappa shape index (κ2) is 5.11. The third-order valence-electron chi connectivity index (χ3n) is 2.81. The van der Waals surface area contributed by atoms with Gasteiger partial charge in [-0.3, -0.25) is 9.78 Å². The van der Waals surface area contributed by atoms with E-state index in [1.54, 1.807) is 0 Å². The zero-order chi connectivity index (χ0) is 13.2. The Hall–Kier alpha value is -1.34. The molecule has 1 aromatic rings. The Kier molecular flexibility index (Phi) is 3.72. The molecule has 0 amide bonds. The Morgan fingerprint density at radius 2 is 2.33 bits per heavy atom. The molecule has 0 spiro atoms. The van der Waals surface area contributed by atoms with Crippen molar-refractivity contribution >= 4 is 15.6 Å². The molecule has 1 saturated heterocycles. The average molecular weight is 272 g/mol. The van der Waals surface area contributed by atoms with Crippen LogP contribution in [-0.4, -0.2) is 43.3 Å². The first-order valence-corrected chi connectivity index (χ1v) is 7.36. The molecule has 5 nitrogen and oxygen atoms in total. The van der Waals surface area contributed by atoms with Crippen molar-refractivity contribution in [2.24, 2.45) is 0 Å². The van der Waals surface area contributed by atoms with Crippen LogP contribution in [0.4, 0.5) is 4.39 Å². The van der Waals surface area contributed by atoms with Crippen LogP contribution in [0.3, 0.4) is 0 Å². The minimum Gasteiger partial charge on any atom is -0.312 e. The van der Waals surface area contributed by atoms with Crippen LogP contribution in [0.2, 0.25) is 0 Å². The minimum absolute atomic E-state index is 0.0276. The molecule has 98 valence electrons. The van der Waals surface area contributed by atoms with E-state index in [0.717, 1.165) is 6.20 Å². The molecule has 1 fully saturated rings. The summed E-state index contributed by atoms with van der Waals surface area (Å²) in [4.78, 5) is 15.4. The van der Waals surface area contributed by atoms with Gasteiger partial charge in [0.25, 0.3) is 0 Å². The van der Waals surface area contributed by atoms with Crippen LogP contribution in [-0.2, 0) is 9.84 Å². The monoisotopic (exact) mass is 272 g/mol. The fraction of sp³-hybridized carbons (Fsp3) is 0.455. The molecule has 0 radical (unpaired) electrons. The molecule has 0 aromatic carbocycles. The van der Waals surface area contributed by atoms with Gasteiger partial charge in [-0.1, -0.05) is 0 Å². The maximum atomic E-state index is 13.3. The van der Waals surface area contributed by atoms with Crippen LogP contribution in [0.25, 0.3) is 0 Å². The summed E-state index contributed by atoms with van der Waals surface area (Å²) in [5, 5.41) is 2.96. The van der Waals surface area contributed by atoms with Gasteiger partial charge < -0.3 is 5.32 Å². The molecular weight excluding hydrogens is 259 g/mol. The molecule has 18 heavy (non-hydrogen) atoms. The van der Waals surface area contributed by atoms with E-state index < -0.39 is 27.5 Å². The molecular formula is C11H13FN2O3S. The van der Waals surface area contributed by atoms with Crippen LogP contribution in [0.15, 0.2) is 18.5 Å². The Bertz CT molecular complexity index is 559. The van der Waals surface area contributed by atoms with Crippen LogP contribution < -0.4 is 5.32 Å². The summed E-state index contributed by atoms with van der Waals surface area (Å²) in [6, 6.07) is 0.860. The van der Waals surface area contributed by atoms with Gasteiger partial charge in [-0.25, -0.2) is 12.8 Å². The van der Waals surface area contributed by atoms with E-state index in [0.29, 0.717) is 6.54 Å². The molecule has 7 heteroatoms. The molecule has 2 heterocycles. The smallest absolute Gasteiger partial charge is 0.167 e. The topological polar surface area (TPSA) is 76.1 Å². The highest BCUT2D eigenvalue weighted by atomic mass is 32.2. The van der Waals surface area contributed by atoms with Gasteiger partial charge in [-0.2, -0.15) is 0 Å². The van der Waals surface area contributed by atoms with Gasteiger partial charge in [0.1, 0.15) is 0 Å². The summed E-state index contributed by atoms with van der Waals surface area (Å²) in [6.45, 7) is 0.332. The number of halogens is 1. The largest absolute Gasteiger partial charge is 0.312 e. The van der Waals surface area contributed by atoms with Gasteiger partial charge in [0, 0.05) is 25.2 Å². The van der Waals surface area contributed by atoms with Gasteiger partial charge in [-0.15, -0.1) is 0 Å². The number of rotatable bonds is 3. The van der Waals surface area contributed by atoms with Gasteiger partial charge in [-0.05, 0) is 6.07 Å². The van der Waals surface area contributed by atoms with Crippen LogP contribution in [0.1, 0.15) is 16.8 Å². The first kappa shape index (κ1) is 13.1. The third kappa shape index (κ3) is 3.11. The number of sulfone groups is 1. The number of carbonyl (C=O) groups excluding carboxylic acids is 1. The quantitative estimate of drug-likeness (QED) is 0.794. The van der Waals surface area contributed by atoms with Crippen molar-refractivity contribution in [3.8, 4) is 0 Å². The highest BCUT2D eigenvalue weighted by Crippen LogP contribution is 2.12. The van der Waals surface area contributed by atoms with E-state index >= 15 is 0 Å². The van der Waals surface area contributed by atoms with Crippen molar-refractivity contribution in [3.05, 3.63) is 29.8 Å². The number of hydrogen-bond donors (Lipinski definition) is 1. The predicted octanol–water partition coefficient (Wildman–Crippen LogP) is 0.180. The zero-order valence-corrected chi connectivity index (χ0v) is 10.4. The summed E-state index contributed by atoms with van der Waals surface area (Å²) in [5.41, 5.74) is -0.0465. The van der Waals surface area contributed by atoms with Crippen LogP contribution in [0.5, 0.6) is 0 Å². The van der Waals surface area contributed by atoms with Crippen molar-refractivity contribution in [3.63, 3.8) is 0 Å². The molecule has 0 bridgehead atoms. The Morgan fingerprint density at radius 1 is 1.56 bits per heavy atom. The first-order valence-electron chi connectivity index (χ1n) is 5.54. The summed E-state index contributed by atoms with van der Waals surface area (Å²) in [5.74, 6) is -1.09. The van der Waals surface area contributed by atoms with Crippen LogP contribution in [0, 0.1) is 5.82 Å². The van der Waals surface area contributed by atoms with E-state index in [2.05, 4.69) is 10.3 Å². The van der Waals surface area contributed by atoms with E-state index in [1.165, 1.54) is 12.3 Å². The number of Topliss-reactive ketones (excluding diaryl/α,β-unsaturated/α-hetero) is 1. The summed E-state index contributed by atoms with van der Waals surface area (Å²) in [6.07, 6.45) is 2.28. The van der Waals surface area contributed by atoms with Gasteiger partial charge in [0.15, 0.2) is 21.4 Å². The fourth-order valence-electron chi connectivity index (χ4n) is 1.93. The summed E-state index contributed by atoms with van der Waals surface area (Å²) in [7, 11) is -3.09. The van der Waals surface area contributed by atoms with Crippen molar-refractivity contribution in [2.75, 3.05) is 18.1 Å². The lowest BCUT2D eigenvalue weighted by Gasteiger charge is -2.22. The summed E-state index contributed by atoms with van der Waals surface area (Å²) < 4.78 is 36.1. The van der Waals surface area contributed by atoms with E-state index in [4.69, 9.17) is 0 Å². The van der Waals surface area contributed by atoms with Crippen LogP contribution >= 0.6 is 0 Å². The second-order valence-electron chi connectivity index (χ2n) is 4.25. The standard InChI is InChI=1S/C11H13FN2O3S/c12-10-6-13-2-1-9(10)11(15)5-8-7-18(16,17)4-3-14-8/h1-2,6,8,14H,3-5,7H2. The Morgan fingerprint density at radius 3 is 3.00 bits per heavy atom. The number of aromatic nitrogens is 1. The zero-order valence-electron chi connectivity index (χ0n) is 9.60. The maximum Gasteiger partial charge on any atom is 0.167 e. The number of pyridine rings is 1. The average Bonchev–Trinajstić information content (AvgIpc) is 2.28. The lowest BCUT2D eigenvalue weighted by Crippen LogP contribution is -2.46. The Labute approximate surface area is 104 Å². The number of hydrogen-bond acceptors (Lipinski definition) is 5. The first-order chi connectivity index (χ1) is 8.48. The van der Waals surface area contributed by atoms with Crippen molar-refractivity contribution < 1.29 is 17.6 Å². The van der Waals surface area contributed by atoms with Gasteiger partial charge in [0.2, 0.25) is 0 Å². The van der Waals surface area contributed by atoms with Crippen molar-refractivity contribution in [2.45, 2.75) is 12.5 Å². The molecule has 2 rings (SSSR count). The molecule has 1 aliphatic heterocycles. The highest BCUT2D eigenvalue weighted by molar-refractivity contribution is 7.91. The van der Waals surface area contributed by atoms with E-state index in [1.807, 2.05) is 0 Å². The fourth-order valence-corrected chi connectivity index (χ4v) is 3.38. The summed E-state index contributed by atoms with van der Waals surface area (Å²) >= 11 is 0. The van der Waals surface area contributed by atoms with E-state index in [9.17, 15) is 17.6 Å². The second-order valence-corrected chi connectivity index (χ2v) is 6.48. The van der Waals surface area contributed by atoms with Gasteiger partial charge in [0.05, 0.1) is 23.3 Å². The Balaban J connectivity index is 2.06. The number of ketones is 1. The number of nitrogens with one attached hydrogen (secondary N) is 1. The predicted molar refractivity (Wildman–Crippen MR) is 63.6 cm³/mol. The third-order valence-corrected chi connectivity index (χ3v) is 4.54. The van der Waals surface area contributed by atoms with E-state index in [-0.39, 0.29) is 23.5 Å². The number of carbonyl (C=O) groups is 1. The molecule has 0 saturated carbocycles. The number of nitrogens with zero attached hydrogens (tertiary/aromatic N) is 1. The molecule has 1 N–H and O–H groups in total. The lowest BCUT2D eigenvalue weighted by atomic mass is 10.1. The van der Waals surface area contributed by atoms with Crippen molar-refractivity contribution in [1.29, 1.82) is 0 Å². The van der Waals surface area contributed by atoms with Gasteiger partial charge >= 0.3 is 0 Å². The van der Waals surface area contributed by atoms with Crippen molar-refractivity contribution in [1.82, 2.24) is 10.3 Å². The lowest BCUT2D eigenvalue weighted by molar-refractivity contribution is 0.0967. The molecule has 1 aliphatic rings. The molecule has 1 atom stereocenters.